The van der Waals surface area contributed by atoms with E-state index in [1.165, 1.54) is 0 Å². The zero-order valence-electron chi connectivity index (χ0n) is 14.4. The van der Waals surface area contributed by atoms with Crippen LogP contribution in [0.25, 0.3) is 0 Å². The Labute approximate surface area is 161 Å². The molecule has 0 aliphatic rings. The molecule has 1 aromatic carbocycles. The van der Waals surface area contributed by atoms with Crippen LogP contribution in [0, 0.1) is 0 Å². The molecule has 0 amide bonds. The predicted molar refractivity (Wildman–Crippen MR) is 110 cm³/mol. The van der Waals surface area contributed by atoms with Crippen molar-refractivity contribution in [1.29, 1.82) is 0 Å². The highest BCUT2D eigenvalue weighted by molar-refractivity contribution is 14.0. The number of nitrogens with one attached hydrogen (secondary N) is 2. The molecule has 1 rings (SSSR count). The molecule has 0 saturated heterocycles. The van der Waals surface area contributed by atoms with Crippen molar-refractivity contribution in [3.05, 3.63) is 28.8 Å². The monoisotopic (exact) mass is 454 g/mol. The molecule has 0 aliphatic carbocycles. The molecular weight excluding hydrogens is 427 g/mol. The van der Waals surface area contributed by atoms with E-state index < -0.39 is 0 Å². The molecule has 7 heteroatoms. The molecule has 0 aromatic heterocycles. The first kappa shape index (κ1) is 22.3. The maximum Gasteiger partial charge on any atom is 0.191 e. The minimum atomic E-state index is 0. The molecule has 2 N–H and O–H groups in total. The number of likely N-dealkylation sites (N-methyl/N-ethyl adjacent to an activating group) is 1. The molecule has 23 heavy (non-hydrogen) atoms. The fraction of sp³-hybridized carbons (Fsp3) is 0.562. The van der Waals surface area contributed by atoms with Crippen LogP contribution in [0.5, 0.6) is 5.75 Å². The summed E-state index contributed by atoms with van der Waals surface area (Å²) in [5, 5.41) is 7.32. The molecule has 0 heterocycles. The van der Waals surface area contributed by atoms with E-state index in [1.54, 1.807) is 14.2 Å². The number of nitrogens with zero attached hydrogens (tertiary/aromatic N) is 2. The zero-order valence-corrected chi connectivity index (χ0v) is 17.4. The van der Waals surface area contributed by atoms with Gasteiger partial charge in [-0.15, -0.1) is 24.0 Å². The quantitative estimate of drug-likeness (QED) is 0.360. The molecule has 132 valence electrons. The second-order valence-corrected chi connectivity index (χ2v) is 5.44. The summed E-state index contributed by atoms with van der Waals surface area (Å²) < 4.78 is 5.15. The highest BCUT2D eigenvalue weighted by atomic mass is 127. The van der Waals surface area contributed by atoms with Crippen LogP contribution < -0.4 is 15.4 Å². The molecular formula is C16H28ClIN4O. The van der Waals surface area contributed by atoms with Crippen LogP contribution in [0.4, 0.5) is 0 Å². The van der Waals surface area contributed by atoms with Gasteiger partial charge in [0.25, 0.3) is 0 Å². The first-order chi connectivity index (χ1) is 10.6. The Morgan fingerprint density at radius 2 is 2.00 bits per heavy atom. The van der Waals surface area contributed by atoms with Crippen molar-refractivity contribution in [2.24, 2.45) is 4.99 Å². The van der Waals surface area contributed by atoms with E-state index in [-0.39, 0.29) is 24.0 Å². The highest BCUT2D eigenvalue weighted by Gasteiger charge is 2.03. The van der Waals surface area contributed by atoms with Crippen LogP contribution in [-0.4, -0.2) is 58.2 Å². The zero-order chi connectivity index (χ0) is 16.4. The Kier molecular flexibility index (Phi) is 12.3. The number of halogens is 2. The first-order valence-electron chi connectivity index (χ1n) is 7.56. The Morgan fingerprint density at radius 3 is 2.57 bits per heavy atom. The van der Waals surface area contributed by atoms with Crippen LogP contribution in [-0.2, 0) is 6.42 Å². The topological polar surface area (TPSA) is 48.9 Å². The first-order valence-corrected chi connectivity index (χ1v) is 7.94. The molecule has 1 aromatic rings. The van der Waals surface area contributed by atoms with Gasteiger partial charge in [0, 0.05) is 31.7 Å². The van der Waals surface area contributed by atoms with Gasteiger partial charge < -0.3 is 20.3 Å². The summed E-state index contributed by atoms with van der Waals surface area (Å²) in [4.78, 5) is 6.46. The Balaban J connectivity index is 0.00000484. The Bertz CT molecular complexity index is 485. The molecule has 5 nitrogen and oxygen atoms in total. The van der Waals surface area contributed by atoms with Crippen LogP contribution in [0.2, 0.25) is 5.02 Å². The van der Waals surface area contributed by atoms with Gasteiger partial charge in [0.15, 0.2) is 5.96 Å². The van der Waals surface area contributed by atoms with Gasteiger partial charge in [-0.1, -0.05) is 24.6 Å². The molecule has 0 aliphatic heterocycles. The maximum absolute atomic E-state index is 6.23. The molecule has 0 atom stereocenters. The van der Waals surface area contributed by atoms with E-state index in [4.69, 9.17) is 16.3 Å². The van der Waals surface area contributed by atoms with Crippen molar-refractivity contribution in [1.82, 2.24) is 15.5 Å². The highest BCUT2D eigenvalue weighted by Crippen LogP contribution is 2.22. The van der Waals surface area contributed by atoms with Crippen LogP contribution in [0.1, 0.15) is 12.5 Å². The van der Waals surface area contributed by atoms with E-state index >= 15 is 0 Å². The molecule has 0 unspecified atom stereocenters. The number of benzene rings is 1. The third kappa shape index (κ3) is 8.62. The second-order valence-electron chi connectivity index (χ2n) is 5.03. The van der Waals surface area contributed by atoms with Gasteiger partial charge in [0.1, 0.15) is 5.75 Å². The summed E-state index contributed by atoms with van der Waals surface area (Å²) in [6, 6.07) is 5.76. The summed E-state index contributed by atoms with van der Waals surface area (Å²) in [5.41, 5.74) is 1.09. The van der Waals surface area contributed by atoms with Crippen LogP contribution >= 0.6 is 35.6 Å². The molecule has 0 bridgehead atoms. The Hall–Kier alpha value is -0.730. The maximum atomic E-state index is 6.23. The van der Waals surface area contributed by atoms with Crippen molar-refractivity contribution < 1.29 is 4.74 Å². The summed E-state index contributed by atoms with van der Waals surface area (Å²) >= 11 is 6.23. The smallest absolute Gasteiger partial charge is 0.191 e. The lowest BCUT2D eigenvalue weighted by atomic mass is 10.1. The van der Waals surface area contributed by atoms with Crippen molar-refractivity contribution in [3.8, 4) is 5.75 Å². The standard InChI is InChI=1S/C16H27ClN4O.HI/c1-5-21(3)11-10-20-16(18-2)19-9-8-13-6-7-14(22-4)12-15(13)17;/h6-7,12H,5,8-11H2,1-4H3,(H2,18,19,20);1H. The van der Waals surface area contributed by atoms with Crippen molar-refractivity contribution in [2.75, 3.05) is 47.4 Å². The van der Waals surface area contributed by atoms with Gasteiger partial charge in [-0.05, 0) is 37.7 Å². The number of hydrogen-bond donors (Lipinski definition) is 2. The number of rotatable bonds is 8. The van der Waals surface area contributed by atoms with Gasteiger partial charge in [-0.3, -0.25) is 4.99 Å². The molecule has 0 fully saturated rings. The third-order valence-electron chi connectivity index (χ3n) is 3.50. The third-order valence-corrected chi connectivity index (χ3v) is 3.85. The van der Waals surface area contributed by atoms with E-state index in [0.29, 0.717) is 0 Å². The average molecular weight is 455 g/mol. The largest absolute Gasteiger partial charge is 0.497 e. The summed E-state index contributed by atoms with van der Waals surface area (Å²) in [7, 11) is 5.52. The van der Waals surface area contributed by atoms with E-state index in [9.17, 15) is 0 Å². The van der Waals surface area contributed by atoms with Crippen molar-refractivity contribution >= 4 is 41.5 Å². The van der Waals surface area contributed by atoms with Gasteiger partial charge in [-0.25, -0.2) is 0 Å². The normalized spacial score (nSPS) is 11.1. The number of guanidine groups is 1. The van der Waals surface area contributed by atoms with Crippen molar-refractivity contribution in [3.63, 3.8) is 0 Å². The summed E-state index contributed by atoms with van der Waals surface area (Å²) in [5.74, 6) is 1.59. The van der Waals surface area contributed by atoms with Gasteiger partial charge in [-0.2, -0.15) is 0 Å². The fourth-order valence-electron chi connectivity index (χ4n) is 1.92. The van der Waals surface area contributed by atoms with Gasteiger partial charge in [0.05, 0.1) is 7.11 Å². The predicted octanol–water partition coefficient (Wildman–Crippen LogP) is 2.63. The fourth-order valence-corrected chi connectivity index (χ4v) is 2.18. The summed E-state index contributed by atoms with van der Waals surface area (Å²) in [6.07, 6.45) is 0.832. The molecule has 0 saturated carbocycles. The number of methoxy groups -OCH3 is 1. The van der Waals surface area contributed by atoms with Gasteiger partial charge >= 0.3 is 0 Å². The lowest BCUT2D eigenvalue weighted by Gasteiger charge is -2.16. The van der Waals surface area contributed by atoms with Crippen LogP contribution in [0.3, 0.4) is 0 Å². The van der Waals surface area contributed by atoms with Crippen molar-refractivity contribution in [2.45, 2.75) is 13.3 Å². The SMILES string of the molecule is CCN(C)CCNC(=NC)NCCc1ccc(OC)cc1Cl.I. The lowest BCUT2D eigenvalue weighted by Crippen LogP contribution is -2.41. The average Bonchev–Trinajstić information content (AvgIpc) is 2.54. The Morgan fingerprint density at radius 1 is 1.30 bits per heavy atom. The number of hydrogen-bond acceptors (Lipinski definition) is 3. The summed E-state index contributed by atoms with van der Waals surface area (Å²) in [6.45, 7) is 5.82. The van der Waals surface area contributed by atoms with Crippen LogP contribution in [0.15, 0.2) is 23.2 Å². The minimum absolute atomic E-state index is 0. The number of ether oxygens (including phenoxy) is 1. The minimum Gasteiger partial charge on any atom is -0.497 e. The number of aliphatic imine (C=N–C) groups is 1. The lowest BCUT2D eigenvalue weighted by molar-refractivity contribution is 0.357. The van der Waals surface area contributed by atoms with E-state index in [2.05, 4.69) is 34.5 Å². The molecule has 0 spiro atoms. The van der Waals surface area contributed by atoms with E-state index in [0.717, 1.165) is 54.9 Å². The second kappa shape index (κ2) is 12.7. The van der Waals surface area contributed by atoms with Gasteiger partial charge in [0.2, 0.25) is 0 Å². The molecule has 0 radical (unpaired) electrons. The van der Waals surface area contributed by atoms with E-state index in [1.807, 2.05) is 18.2 Å².